The van der Waals surface area contributed by atoms with Crippen molar-refractivity contribution in [1.82, 2.24) is 5.32 Å². The van der Waals surface area contributed by atoms with Crippen LogP contribution < -0.4 is 14.8 Å². The predicted molar refractivity (Wildman–Crippen MR) is 76.9 cm³/mol. The molecular formula is C15H25NO3. The van der Waals surface area contributed by atoms with Gasteiger partial charge in [0.1, 0.15) is 0 Å². The van der Waals surface area contributed by atoms with E-state index in [0.717, 1.165) is 24.3 Å². The lowest BCUT2D eigenvalue weighted by molar-refractivity contribution is 0.262. The average molecular weight is 267 g/mol. The highest BCUT2D eigenvalue weighted by molar-refractivity contribution is 5.43. The number of aliphatic hydroxyl groups excluding tert-OH is 1. The van der Waals surface area contributed by atoms with Crippen LogP contribution in [0.1, 0.15) is 38.3 Å². The molecule has 2 atom stereocenters. The first-order valence-electron chi connectivity index (χ1n) is 6.75. The molecule has 2 N–H and O–H groups in total. The molecule has 0 aliphatic carbocycles. The monoisotopic (exact) mass is 267 g/mol. The summed E-state index contributed by atoms with van der Waals surface area (Å²) in [5.41, 5.74) is 1.17. The van der Waals surface area contributed by atoms with Gasteiger partial charge in [-0.2, -0.15) is 0 Å². The number of hydrogen-bond acceptors (Lipinski definition) is 4. The van der Waals surface area contributed by atoms with Gasteiger partial charge in [-0.05, 0) is 37.5 Å². The molecule has 1 unspecified atom stereocenters. The van der Waals surface area contributed by atoms with Crippen molar-refractivity contribution in [3.63, 3.8) is 0 Å². The Balaban J connectivity index is 2.86. The van der Waals surface area contributed by atoms with Crippen molar-refractivity contribution in [2.45, 2.75) is 38.8 Å². The fraction of sp³-hybridized carbons (Fsp3) is 0.600. The van der Waals surface area contributed by atoms with Crippen LogP contribution in [0.2, 0.25) is 0 Å². The molecule has 0 saturated heterocycles. The van der Waals surface area contributed by atoms with Crippen molar-refractivity contribution in [2.24, 2.45) is 0 Å². The molecule has 0 spiro atoms. The van der Waals surface area contributed by atoms with Crippen LogP contribution in [-0.2, 0) is 0 Å². The maximum absolute atomic E-state index is 8.97. The fourth-order valence-electron chi connectivity index (χ4n) is 2.14. The van der Waals surface area contributed by atoms with E-state index in [4.69, 9.17) is 14.6 Å². The van der Waals surface area contributed by atoms with Crippen molar-refractivity contribution >= 4 is 0 Å². The van der Waals surface area contributed by atoms with Gasteiger partial charge in [0.25, 0.3) is 0 Å². The van der Waals surface area contributed by atoms with E-state index in [9.17, 15) is 0 Å². The van der Waals surface area contributed by atoms with E-state index in [2.05, 4.69) is 19.2 Å². The van der Waals surface area contributed by atoms with Crippen LogP contribution in [0.15, 0.2) is 18.2 Å². The maximum Gasteiger partial charge on any atom is 0.161 e. The third kappa shape index (κ3) is 4.40. The number of benzene rings is 1. The zero-order valence-electron chi connectivity index (χ0n) is 12.3. The molecule has 0 saturated carbocycles. The first kappa shape index (κ1) is 15.8. The summed E-state index contributed by atoms with van der Waals surface area (Å²) in [4.78, 5) is 0. The number of ether oxygens (including phenoxy) is 2. The van der Waals surface area contributed by atoms with E-state index in [1.54, 1.807) is 14.2 Å². The lowest BCUT2D eigenvalue weighted by Crippen LogP contribution is -2.31. The number of hydrogen-bond donors (Lipinski definition) is 2. The number of rotatable bonds is 8. The Morgan fingerprint density at radius 3 is 2.42 bits per heavy atom. The van der Waals surface area contributed by atoms with Gasteiger partial charge in [-0.3, -0.25) is 0 Å². The molecular weight excluding hydrogens is 242 g/mol. The number of methoxy groups -OCH3 is 2. The molecule has 0 heterocycles. The number of nitrogens with one attached hydrogen (secondary N) is 1. The minimum Gasteiger partial charge on any atom is -0.493 e. The third-order valence-corrected chi connectivity index (χ3v) is 3.27. The largest absolute Gasteiger partial charge is 0.493 e. The Bertz CT molecular complexity index is 382. The minimum absolute atomic E-state index is 0.205. The zero-order valence-corrected chi connectivity index (χ0v) is 12.3. The predicted octanol–water partition coefficient (Wildman–Crippen LogP) is 2.52. The zero-order chi connectivity index (χ0) is 14.3. The van der Waals surface area contributed by atoms with Crippen LogP contribution in [0, 0.1) is 0 Å². The molecule has 1 aromatic carbocycles. The summed E-state index contributed by atoms with van der Waals surface area (Å²) in [5.74, 6) is 1.49. The van der Waals surface area contributed by atoms with E-state index in [1.807, 2.05) is 18.2 Å². The van der Waals surface area contributed by atoms with Crippen LogP contribution in [-0.4, -0.2) is 32.0 Å². The van der Waals surface area contributed by atoms with E-state index in [-0.39, 0.29) is 18.7 Å². The summed E-state index contributed by atoms with van der Waals surface area (Å²) in [6.45, 7) is 4.43. The van der Waals surface area contributed by atoms with Gasteiger partial charge in [-0.1, -0.05) is 13.0 Å². The van der Waals surface area contributed by atoms with Gasteiger partial charge in [-0.15, -0.1) is 0 Å². The third-order valence-electron chi connectivity index (χ3n) is 3.27. The first-order valence-corrected chi connectivity index (χ1v) is 6.75. The van der Waals surface area contributed by atoms with E-state index in [0.29, 0.717) is 0 Å². The molecule has 4 heteroatoms. The Hall–Kier alpha value is -1.26. The molecule has 0 aliphatic heterocycles. The summed E-state index contributed by atoms with van der Waals surface area (Å²) >= 11 is 0. The van der Waals surface area contributed by atoms with Crippen LogP contribution in [0.25, 0.3) is 0 Å². The quantitative estimate of drug-likeness (QED) is 0.760. The smallest absolute Gasteiger partial charge is 0.161 e. The Kier molecular flexibility index (Phi) is 6.67. The Morgan fingerprint density at radius 2 is 1.89 bits per heavy atom. The average Bonchev–Trinajstić information content (AvgIpc) is 2.44. The van der Waals surface area contributed by atoms with Gasteiger partial charge in [0.2, 0.25) is 0 Å². The normalized spacial score (nSPS) is 13.9. The van der Waals surface area contributed by atoms with Gasteiger partial charge >= 0.3 is 0 Å². The molecule has 1 rings (SSSR count). The molecule has 0 aliphatic rings. The Morgan fingerprint density at radius 1 is 1.21 bits per heavy atom. The number of aliphatic hydroxyl groups is 1. The van der Waals surface area contributed by atoms with Crippen molar-refractivity contribution in [3.05, 3.63) is 23.8 Å². The molecule has 19 heavy (non-hydrogen) atoms. The van der Waals surface area contributed by atoms with E-state index < -0.39 is 0 Å². The molecule has 0 radical (unpaired) electrons. The van der Waals surface area contributed by atoms with E-state index in [1.165, 1.54) is 5.56 Å². The first-order chi connectivity index (χ1) is 9.15. The van der Waals surface area contributed by atoms with Gasteiger partial charge < -0.3 is 19.9 Å². The van der Waals surface area contributed by atoms with Gasteiger partial charge in [0, 0.05) is 18.7 Å². The van der Waals surface area contributed by atoms with E-state index >= 15 is 0 Å². The lowest BCUT2D eigenvalue weighted by Gasteiger charge is -2.23. The van der Waals surface area contributed by atoms with Crippen LogP contribution in [0.4, 0.5) is 0 Å². The van der Waals surface area contributed by atoms with Crippen molar-refractivity contribution in [1.29, 1.82) is 0 Å². The van der Waals surface area contributed by atoms with Crippen molar-refractivity contribution in [3.8, 4) is 11.5 Å². The van der Waals surface area contributed by atoms with Crippen molar-refractivity contribution in [2.75, 3.05) is 20.8 Å². The maximum atomic E-state index is 8.97. The van der Waals surface area contributed by atoms with Crippen LogP contribution in [0.5, 0.6) is 11.5 Å². The van der Waals surface area contributed by atoms with Crippen LogP contribution in [0.3, 0.4) is 0 Å². The molecule has 0 fully saturated rings. The van der Waals surface area contributed by atoms with Gasteiger partial charge in [0.05, 0.1) is 14.2 Å². The highest BCUT2D eigenvalue weighted by Crippen LogP contribution is 2.31. The van der Waals surface area contributed by atoms with Gasteiger partial charge in [-0.25, -0.2) is 0 Å². The fourth-order valence-corrected chi connectivity index (χ4v) is 2.14. The second kappa shape index (κ2) is 8.02. The molecule has 0 amide bonds. The molecule has 108 valence electrons. The van der Waals surface area contributed by atoms with Gasteiger partial charge in [0.15, 0.2) is 11.5 Å². The summed E-state index contributed by atoms with van der Waals surface area (Å²) in [5, 5.41) is 12.5. The van der Waals surface area contributed by atoms with Crippen molar-refractivity contribution < 1.29 is 14.6 Å². The molecule has 4 nitrogen and oxygen atoms in total. The summed E-state index contributed by atoms with van der Waals surface area (Å²) in [6, 6.07) is 6.51. The lowest BCUT2D eigenvalue weighted by atomic mass is 10.0. The molecule has 0 bridgehead atoms. The van der Waals surface area contributed by atoms with Crippen LogP contribution >= 0.6 is 0 Å². The standard InChI is InChI=1S/C15H25NO3/c1-5-13(16-11(2)8-9-17)12-6-7-14(18-3)15(10-12)19-4/h6-7,10-11,13,16-17H,5,8-9H2,1-4H3/t11-,13?/m1/s1. The minimum atomic E-state index is 0.205. The molecule has 1 aromatic rings. The highest BCUT2D eigenvalue weighted by atomic mass is 16.5. The Labute approximate surface area is 115 Å². The summed E-state index contributed by atoms with van der Waals surface area (Å²) < 4.78 is 10.6. The summed E-state index contributed by atoms with van der Waals surface area (Å²) in [7, 11) is 3.28. The second-order valence-electron chi connectivity index (χ2n) is 4.66. The molecule has 0 aromatic heterocycles. The topological polar surface area (TPSA) is 50.7 Å². The highest BCUT2D eigenvalue weighted by Gasteiger charge is 2.14. The summed E-state index contributed by atoms with van der Waals surface area (Å²) in [6.07, 6.45) is 1.73. The SMILES string of the molecule is CCC(N[C@H](C)CCO)c1ccc(OC)c(OC)c1. The second-order valence-corrected chi connectivity index (χ2v) is 4.66.